The largest absolute Gasteiger partial charge is 0.493 e. The number of benzene rings is 2. The molecule has 0 fully saturated rings. The Morgan fingerprint density at radius 1 is 0.897 bits per heavy atom. The van der Waals surface area contributed by atoms with E-state index in [9.17, 15) is 9.59 Å². The van der Waals surface area contributed by atoms with Crippen molar-refractivity contribution in [3.05, 3.63) is 83.7 Å². The topological polar surface area (TPSA) is 89.6 Å². The van der Waals surface area contributed by atoms with Gasteiger partial charge in [0.25, 0.3) is 11.8 Å². The molecule has 0 unspecified atom stereocenters. The van der Waals surface area contributed by atoms with Crippen LogP contribution in [0.1, 0.15) is 26.3 Å². The maximum Gasteiger partial charge on any atom is 0.255 e. The molecule has 3 aromatic rings. The Bertz CT molecular complexity index is 1010. The summed E-state index contributed by atoms with van der Waals surface area (Å²) in [5.41, 5.74) is 2.41. The summed E-state index contributed by atoms with van der Waals surface area (Å²) in [4.78, 5) is 28.6. The molecular weight excluding hydrogens is 370 g/mol. The molecule has 2 aromatic carbocycles. The number of nitrogens with zero attached hydrogens (tertiary/aromatic N) is 1. The van der Waals surface area contributed by atoms with Gasteiger partial charge in [0.1, 0.15) is 0 Å². The molecule has 3 rings (SSSR count). The maximum atomic E-state index is 12.6. The molecule has 0 aliphatic rings. The van der Waals surface area contributed by atoms with Gasteiger partial charge in [0, 0.05) is 30.2 Å². The van der Waals surface area contributed by atoms with Crippen molar-refractivity contribution in [2.24, 2.45) is 0 Å². The van der Waals surface area contributed by atoms with Gasteiger partial charge < -0.3 is 20.1 Å². The summed E-state index contributed by atoms with van der Waals surface area (Å²) in [6, 6.07) is 15.6. The van der Waals surface area contributed by atoms with Crippen LogP contribution in [0.25, 0.3) is 0 Å². The fraction of sp³-hybridized carbons (Fsp3) is 0.136. The second-order valence-corrected chi connectivity index (χ2v) is 6.15. The number of anilines is 1. The minimum atomic E-state index is -0.275. The molecule has 7 heteroatoms. The van der Waals surface area contributed by atoms with Crippen LogP contribution in [0.3, 0.4) is 0 Å². The molecule has 0 spiro atoms. The van der Waals surface area contributed by atoms with Crippen LogP contribution in [0.4, 0.5) is 5.69 Å². The first-order valence-electron chi connectivity index (χ1n) is 8.91. The van der Waals surface area contributed by atoms with Crippen molar-refractivity contribution in [2.45, 2.75) is 6.54 Å². The van der Waals surface area contributed by atoms with Crippen LogP contribution < -0.4 is 20.1 Å². The molecule has 2 amide bonds. The normalized spacial score (nSPS) is 10.1. The van der Waals surface area contributed by atoms with Crippen LogP contribution in [0.2, 0.25) is 0 Å². The van der Waals surface area contributed by atoms with Gasteiger partial charge in [0.15, 0.2) is 11.5 Å². The molecule has 0 radical (unpaired) electrons. The number of ether oxygens (including phenoxy) is 2. The van der Waals surface area contributed by atoms with Gasteiger partial charge in [-0.2, -0.15) is 0 Å². The average molecular weight is 391 g/mol. The fourth-order valence-electron chi connectivity index (χ4n) is 2.72. The van der Waals surface area contributed by atoms with Crippen molar-refractivity contribution < 1.29 is 19.1 Å². The Morgan fingerprint density at radius 3 is 2.45 bits per heavy atom. The van der Waals surface area contributed by atoms with Crippen LogP contribution in [0, 0.1) is 0 Å². The number of nitrogens with one attached hydrogen (secondary N) is 2. The van der Waals surface area contributed by atoms with Crippen LogP contribution >= 0.6 is 0 Å². The molecule has 2 N–H and O–H groups in total. The Morgan fingerprint density at radius 2 is 1.72 bits per heavy atom. The SMILES string of the molecule is COc1ccc(C(=O)Nc2cccc(CNC(=O)c3cccnc3)c2)cc1OC. The molecule has 148 valence electrons. The van der Waals surface area contributed by atoms with Gasteiger partial charge in [-0.05, 0) is 48.0 Å². The lowest BCUT2D eigenvalue weighted by molar-refractivity contribution is 0.0949. The molecule has 0 aliphatic carbocycles. The zero-order chi connectivity index (χ0) is 20.6. The molecule has 0 atom stereocenters. The summed E-state index contributed by atoms with van der Waals surface area (Å²) < 4.78 is 10.4. The Balaban J connectivity index is 1.65. The highest BCUT2D eigenvalue weighted by Crippen LogP contribution is 2.27. The van der Waals surface area contributed by atoms with Gasteiger partial charge in [0.2, 0.25) is 0 Å². The third-order valence-corrected chi connectivity index (χ3v) is 4.21. The zero-order valence-corrected chi connectivity index (χ0v) is 16.1. The van der Waals surface area contributed by atoms with Gasteiger partial charge in [0.05, 0.1) is 19.8 Å². The lowest BCUT2D eigenvalue weighted by Crippen LogP contribution is -2.23. The number of methoxy groups -OCH3 is 2. The molecule has 29 heavy (non-hydrogen) atoms. The van der Waals surface area contributed by atoms with E-state index in [1.807, 2.05) is 18.2 Å². The molecule has 0 aliphatic heterocycles. The van der Waals surface area contributed by atoms with E-state index in [2.05, 4.69) is 15.6 Å². The summed E-state index contributed by atoms with van der Waals surface area (Å²) in [5, 5.41) is 5.68. The third-order valence-electron chi connectivity index (χ3n) is 4.21. The summed E-state index contributed by atoms with van der Waals surface area (Å²) in [6.07, 6.45) is 3.12. The molecule has 1 aromatic heterocycles. The van der Waals surface area contributed by atoms with E-state index in [4.69, 9.17) is 9.47 Å². The molecular formula is C22H21N3O4. The van der Waals surface area contributed by atoms with E-state index >= 15 is 0 Å². The van der Waals surface area contributed by atoms with Gasteiger partial charge in [-0.3, -0.25) is 14.6 Å². The molecule has 0 saturated heterocycles. The quantitative estimate of drug-likeness (QED) is 0.645. The maximum absolute atomic E-state index is 12.6. The van der Waals surface area contributed by atoms with E-state index in [1.54, 1.807) is 42.6 Å². The monoisotopic (exact) mass is 391 g/mol. The first-order valence-corrected chi connectivity index (χ1v) is 8.91. The van der Waals surface area contributed by atoms with Gasteiger partial charge in [-0.15, -0.1) is 0 Å². The number of pyridine rings is 1. The van der Waals surface area contributed by atoms with E-state index in [1.165, 1.54) is 20.4 Å². The fourth-order valence-corrected chi connectivity index (χ4v) is 2.72. The van der Waals surface area contributed by atoms with Crippen LogP contribution in [0.5, 0.6) is 11.5 Å². The van der Waals surface area contributed by atoms with Gasteiger partial charge >= 0.3 is 0 Å². The minimum Gasteiger partial charge on any atom is -0.493 e. The Labute approximate surface area is 168 Å². The smallest absolute Gasteiger partial charge is 0.255 e. The van der Waals surface area contributed by atoms with Crippen molar-refractivity contribution in [3.63, 3.8) is 0 Å². The summed E-state index contributed by atoms with van der Waals surface area (Å²) in [6.45, 7) is 0.327. The number of hydrogen-bond acceptors (Lipinski definition) is 5. The highest BCUT2D eigenvalue weighted by atomic mass is 16.5. The van der Waals surface area contributed by atoms with E-state index in [-0.39, 0.29) is 11.8 Å². The predicted octanol–water partition coefficient (Wildman–Crippen LogP) is 3.28. The first kappa shape index (κ1) is 19.9. The standard InChI is InChI=1S/C22H21N3O4/c1-28-19-9-8-16(12-20(19)29-2)22(27)25-18-7-3-5-15(11-18)13-24-21(26)17-6-4-10-23-14-17/h3-12,14H,13H2,1-2H3,(H,24,26)(H,25,27). The van der Waals surface area contributed by atoms with Crippen LogP contribution in [-0.2, 0) is 6.54 Å². The number of carbonyl (C=O) groups is 2. The van der Waals surface area contributed by atoms with Crippen LogP contribution in [-0.4, -0.2) is 31.0 Å². The zero-order valence-electron chi connectivity index (χ0n) is 16.1. The second-order valence-electron chi connectivity index (χ2n) is 6.15. The lowest BCUT2D eigenvalue weighted by Gasteiger charge is -2.11. The number of rotatable bonds is 7. The van der Waals surface area contributed by atoms with E-state index in [0.29, 0.717) is 34.9 Å². The third kappa shape index (κ3) is 5.10. The number of amides is 2. The predicted molar refractivity (Wildman–Crippen MR) is 109 cm³/mol. The highest BCUT2D eigenvalue weighted by Gasteiger charge is 2.11. The highest BCUT2D eigenvalue weighted by molar-refractivity contribution is 6.04. The average Bonchev–Trinajstić information content (AvgIpc) is 2.77. The van der Waals surface area contributed by atoms with Gasteiger partial charge in [-0.25, -0.2) is 0 Å². The molecule has 0 saturated carbocycles. The Hall–Kier alpha value is -3.87. The van der Waals surface area contributed by atoms with Crippen molar-refractivity contribution in [1.29, 1.82) is 0 Å². The lowest BCUT2D eigenvalue weighted by atomic mass is 10.1. The summed E-state index contributed by atoms with van der Waals surface area (Å²) in [7, 11) is 3.05. The van der Waals surface area contributed by atoms with E-state index < -0.39 is 0 Å². The molecule has 7 nitrogen and oxygen atoms in total. The van der Waals surface area contributed by atoms with Crippen molar-refractivity contribution in [1.82, 2.24) is 10.3 Å². The van der Waals surface area contributed by atoms with Crippen molar-refractivity contribution >= 4 is 17.5 Å². The second kappa shape index (κ2) is 9.36. The Kier molecular flexibility index (Phi) is 6.42. The first-order chi connectivity index (χ1) is 14.1. The molecule has 0 bridgehead atoms. The van der Waals surface area contributed by atoms with Crippen molar-refractivity contribution in [3.8, 4) is 11.5 Å². The number of hydrogen-bond donors (Lipinski definition) is 2. The number of aromatic nitrogens is 1. The van der Waals surface area contributed by atoms with Crippen LogP contribution in [0.15, 0.2) is 67.0 Å². The van der Waals surface area contributed by atoms with Gasteiger partial charge in [-0.1, -0.05) is 12.1 Å². The van der Waals surface area contributed by atoms with E-state index in [0.717, 1.165) is 5.56 Å². The summed E-state index contributed by atoms with van der Waals surface area (Å²) in [5.74, 6) is 0.544. The minimum absolute atomic E-state index is 0.210. The molecule has 1 heterocycles. The van der Waals surface area contributed by atoms with Crippen molar-refractivity contribution in [2.75, 3.05) is 19.5 Å². The summed E-state index contributed by atoms with van der Waals surface area (Å²) >= 11 is 0. The number of carbonyl (C=O) groups excluding carboxylic acids is 2.